The molecule has 17 heavy (non-hydrogen) atoms. The molecule has 1 aromatic heterocycles. The van der Waals surface area contributed by atoms with Gasteiger partial charge >= 0.3 is 0 Å². The van der Waals surface area contributed by atoms with E-state index in [2.05, 4.69) is 44.1 Å². The molecule has 1 rings (SSSR count). The average Bonchev–Trinajstić information content (AvgIpc) is 2.54. The molecule has 1 aromatic rings. The Bertz CT molecular complexity index is 373. The van der Waals surface area contributed by atoms with Gasteiger partial charge in [0.05, 0.1) is 11.4 Å². The summed E-state index contributed by atoms with van der Waals surface area (Å²) in [5.74, 6) is 2.47. The first-order valence-corrected chi connectivity index (χ1v) is 7.33. The summed E-state index contributed by atoms with van der Waals surface area (Å²) in [5.41, 5.74) is 8.02. The zero-order valence-corrected chi connectivity index (χ0v) is 12.5. The minimum atomic E-state index is 0.360. The van der Waals surface area contributed by atoms with Crippen LogP contribution in [0, 0.1) is 0 Å². The molecule has 0 aromatic carbocycles. The molecule has 0 saturated heterocycles. The second-order valence-corrected chi connectivity index (χ2v) is 5.73. The maximum absolute atomic E-state index is 6.21. The number of hydrogen-bond acceptors (Lipinski definition) is 4. The zero-order valence-electron chi connectivity index (χ0n) is 11.7. The first-order chi connectivity index (χ1) is 7.90. The fourth-order valence-corrected chi connectivity index (χ4v) is 2.66. The van der Waals surface area contributed by atoms with Crippen LogP contribution in [0.4, 0.5) is 11.5 Å². The second-order valence-electron chi connectivity index (χ2n) is 4.82. The average molecular weight is 256 g/mol. The Morgan fingerprint density at radius 3 is 2.41 bits per heavy atom. The molecule has 2 N–H and O–H groups in total. The zero-order chi connectivity index (χ0) is 13.2. The van der Waals surface area contributed by atoms with Crippen LogP contribution in [0.2, 0.25) is 0 Å². The van der Waals surface area contributed by atoms with Crippen LogP contribution in [0.3, 0.4) is 0 Å². The molecular formula is C12H24N4S. The van der Waals surface area contributed by atoms with E-state index in [9.17, 15) is 0 Å². The Balaban J connectivity index is 3.05. The quantitative estimate of drug-likeness (QED) is 0.878. The number of hydrogen-bond donors (Lipinski definition) is 1. The molecule has 1 atom stereocenters. The van der Waals surface area contributed by atoms with Crippen molar-refractivity contribution in [3.63, 3.8) is 0 Å². The van der Waals surface area contributed by atoms with Gasteiger partial charge in [-0.1, -0.05) is 13.8 Å². The first-order valence-electron chi connectivity index (χ1n) is 5.94. The number of nitrogens with two attached hydrogens (primary N) is 1. The van der Waals surface area contributed by atoms with Gasteiger partial charge in [0.25, 0.3) is 0 Å². The predicted molar refractivity (Wildman–Crippen MR) is 78.0 cm³/mol. The highest BCUT2D eigenvalue weighted by Gasteiger charge is 2.21. The Morgan fingerprint density at radius 2 is 2.00 bits per heavy atom. The van der Waals surface area contributed by atoms with Crippen LogP contribution < -0.4 is 10.6 Å². The van der Waals surface area contributed by atoms with E-state index in [1.807, 2.05) is 23.5 Å². The maximum Gasteiger partial charge on any atom is 0.150 e. The van der Waals surface area contributed by atoms with Crippen LogP contribution in [-0.4, -0.2) is 34.9 Å². The molecule has 1 heterocycles. The largest absolute Gasteiger partial charge is 0.394 e. The highest BCUT2D eigenvalue weighted by molar-refractivity contribution is 7.98. The minimum Gasteiger partial charge on any atom is -0.394 e. The van der Waals surface area contributed by atoms with Gasteiger partial charge in [-0.05, 0) is 19.1 Å². The summed E-state index contributed by atoms with van der Waals surface area (Å²) in [4.78, 5) is 2.21. The van der Waals surface area contributed by atoms with Gasteiger partial charge in [0.2, 0.25) is 0 Å². The number of rotatable bonds is 5. The summed E-state index contributed by atoms with van der Waals surface area (Å²) in [6.45, 7) is 6.44. The molecule has 98 valence electrons. The highest BCUT2D eigenvalue weighted by atomic mass is 32.2. The van der Waals surface area contributed by atoms with Gasteiger partial charge < -0.3 is 10.6 Å². The standard InChI is InChI=1S/C12H24N4S/c1-8(2)11-10(13)12(16(5)14-11)15(4)9(3)7-17-6/h8-9H,7,13H2,1-6H3. The van der Waals surface area contributed by atoms with Crippen LogP contribution >= 0.6 is 11.8 Å². The van der Waals surface area contributed by atoms with Gasteiger partial charge in [-0.25, -0.2) is 0 Å². The van der Waals surface area contributed by atoms with E-state index in [1.165, 1.54) is 0 Å². The molecule has 0 amide bonds. The van der Waals surface area contributed by atoms with Gasteiger partial charge in [0, 0.05) is 25.9 Å². The first kappa shape index (κ1) is 14.2. The van der Waals surface area contributed by atoms with Gasteiger partial charge in [-0.15, -0.1) is 0 Å². The Morgan fingerprint density at radius 1 is 1.41 bits per heavy atom. The summed E-state index contributed by atoms with van der Waals surface area (Å²) < 4.78 is 1.89. The lowest BCUT2D eigenvalue weighted by Gasteiger charge is -2.26. The fourth-order valence-electron chi connectivity index (χ4n) is 1.96. The van der Waals surface area contributed by atoms with E-state index in [0.717, 1.165) is 23.0 Å². The summed E-state index contributed by atoms with van der Waals surface area (Å²) in [5, 5.41) is 4.52. The van der Waals surface area contributed by atoms with E-state index < -0.39 is 0 Å². The molecule has 0 bridgehead atoms. The lowest BCUT2D eigenvalue weighted by Crippen LogP contribution is -2.32. The fraction of sp³-hybridized carbons (Fsp3) is 0.750. The lowest BCUT2D eigenvalue weighted by molar-refractivity contribution is 0.674. The van der Waals surface area contributed by atoms with E-state index in [0.29, 0.717) is 12.0 Å². The third-order valence-corrected chi connectivity index (χ3v) is 3.85. The van der Waals surface area contributed by atoms with E-state index >= 15 is 0 Å². The molecule has 0 saturated carbocycles. The van der Waals surface area contributed by atoms with Crippen LogP contribution in [0.15, 0.2) is 0 Å². The van der Waals surface area contributed by atoms with Crippen molar-refractivity contribution in [1.82, 2.24) is 9.78 Å². The molecule has 0 aliphatic rings. The predicted octanol–water partition coefficient (Wildman–Crippen LogP) is 2.31. The molecule has 0 fully saturated rings. The van der Waals surface area contributed by atoms with Crippen molar-refractivity contribution in [2.45, 2.75) is 32.7 Å². The molecule has 0 aliphatic heterocycles. The van der Waals surface area contributed by atoms with Crippen LogP contribution in [0.5, 0.6) is 0 Å². The van der Waals surface area contributed by atoms with Crippen LogP contribution in [0.25, 0.3) is 0 Å². The summed E-state index contributed by atoms with van der Waals surface area (Å²) in [6, 6.07) is 0.447. The summed E-state index contributed by atoms with van der Waals surface area (Å²) in [6.07, 6.45) is 2.12. The van der Waals surface area contributed by atoms with Gasteiger partial charge in [0.1, 0.15) is 5.82 Å². The van der Waals surface area contributed by atoms with Crippen molar-refractivity contribution in [2.75, 3.05) is 29.7 Å². The number of nitrogens with zero attached hydrogens (tertiary/aromatic N) is 3. The number of thioether (sulfide) groups is 1. The Kier molecular flexibility index (Phi) is 4.74. The van der Waals surface area contributed by atoms with E-state index in [1.54, 1.807) is 0 Å². The van der Waals surface area contributed by atoms with Gasteiger partial charge in [-0.2, -0.15) is 16.9 Å². The third-order valence-electron chi connectivity index (χ3n) is 3.03. The molecule has 0 radical (unpaired) electrons. The van der Waals surface area contributed by atoms with E-state index in [4.69, 9.17) is 5.73 Å². The SMILES string of the molecule is CSCC(C)N(C)c1c(N)c(C(C)C)nn1C. The van der Waals surface area contributed by atoms with Crippen molar-refractivity contribution < 1.29 is 0 Å². The topological polar surface area (TPSA) is 47.1 Å². The molecule has 0 spiro atoms. The second kappa shape index (κ2) is 5.67. The van der Waals surface area contributed by atoms with Crippen molar-refractivity contribution in [1.29, 1.82) is 0 Å². The number of anilines is 2. The van der Waals surface area contributed by atoms with E-state index in [-0.39, 0.29) is 0 Å². The molecule has 1 unspecified atom stereocenters. The number of nitrogen functional groups attached to an aromatic ring is 1. The highest BCUT2D eigenvalue weighted by Crippen LogP contribution is 2.31. The summed E-state index contributed by atoms with van der Waals surface area (Å²) >= 11 is 1.85. The normalized spacial score (nSPS) is 13.1. The van der Waals surface area contributed by atoms with Crippen molar-refractivity contribution >= 4 is 23.3 Å². The minimum absolute atomic E-state index is 0.360. The number of aryl methyl sites for hydroxylation is 1. The monoisotopic (exact) mass is 256 g/mol. The molecule has 5 heteroatoms. The molecule has 4 nitrogen and oxygen atoms in total. The summed E-state index contributed by atoms with van der Waals surface area (Å²) in [7, 11) is 4.04. The third kappa shape index (κ3) is 2.89. The van der Waals surface area contributed by atoms with Crippen LogP contribution in [-0.2, 0) is 7.05 Å². The van der Waals surface area contributed by atoms with Crippen molar-refractivity contribution in [2.24, 2.45) is 7.05 Å². The molecular weight excluding hydrogens is 232 g/mol. The lowest BCUT2D eigenvalue weighted by atomic mass is 10.1. The Labute approximate surface area is 109 Å². The van der Waals surface area contributed by atoms with Crippen molar-refractivity contribution in [3.8, 4) is 0 Å². The smallest absolute Gasteiger partial charge is 0.150 e. The van der Waals surface area contributed by atoms with Gasteiger partial charge in [0.15, 0.2) is 0 Å². The van der Waals surface area contributed by atoms with Gasteiger partial charge in [-0.3, -0.25) is 4.68 Å². The van der Waals surface area contributed by atoms with Crippen molar-refractivity contribution in [3.05, 3.63) is 5.69 Å². The number of aromatic nitrogens is 2. The Hall–Kier alpha value is -0.840. The maximum atomic E-state index is 6.21. The van der Waals surface area contributed by atoms with Crippen LogP contribution in [0.1, 0.15) is 32.4 Å². The molecule has 0 aliphatic carbocycles.